The van der Waals surface area contributed by atoms with Crippen LogP contribution in [-0.4, -0.2) is 30.6 Å². The lowest BCUT2D eigenvalue weighted by Crippen LogP contribution is -2.32. The Hall–Kier alpha value is -0.0800. The van der Waals surface area contributed by atoms with Gasteiger partial charge in [-0.3, -0.25) is 0 Å². The Balaban J connectivity index is 1.74. The molecule has 2 N–H and O–H groups in total. The highest BCUT2D eigenvalue weighted by Gasteiger charge is 2.24. The summed E-state index contributed by atoms with van der Waals surface area (Å²) in [4.78, 5) is 2.58. The van der Waals surface area contributed by atoms with Gasteiger partial charge in [-0.15, -0.1) is 0 Å². The van der Waals surface area contributed by atoms with Crippen molar-refractivity contribution < 1.29 is 0 Å². The van der Waals surface area contributed by atoms with Gasteiger partial charge in [-0.25, -0.2) is 0 Å². The molecule has 1 saturated carbocycles. The summed E-state index contributed by atoms with van der Waals surface area (Å²) in [6, 6.07) is 0.455. The molecule has 2 fully saturated rings. The highest BCUT2D eigenvalue weighted by atomic mass is 15.2. The van der Waals surface area contributed by atoms with Crippen molar-refractivity contribution in [3.63, 3.8) is 0 Å². The van der Waals surface area contributed by atoms with Crippen LogP contribution in [0.15, 0.2) is 0 Å². The first-order valence-electron chi connectivity index (χ1n) is 6.22. The van der Waals surface area contributed by atoms with Gasteiger partial charge >= 0.3 is 0 Å². The van der Waals surface area contributed by atoms with Crippen LogP contribution in [0.25, 0.3) is 0 Å². The minimum absolute atomic E-state index is 0.455. The molecule has 3 atom stereocenters. The van der Waals surface area contributed by atoms with Crippen molar-refractivity contribution >= 4 is 0 Å². The Kier molecular flexibility index (Phi) is 3.45. The SMILES string of the molecule is CC1CCCC(CN2CCC(N)C2)C1. The van der Waals surface area contributed by atoms with E-state index in [2.05, 4.69) is 11.8 Å². The van der Waals surface area contributed by atoms with Crippen molar-refractivity contribution in [2.45, 2.75) is 45.1 Å². The molecular weight excluding hydrogens is 172 g/mol. The van der Waals surface area contributed by atoms with Gasteiger partial charge in [-0.2, -0.15) is 0 Å². The van der Waals surface area contributed by atoms with Crippen LogP contribution in [0.1, 0.15) is 39.0 Å². The van der Waals surface area contributed by atoms with Gasteiger partial charge in [0.25, 0.3) is 0 Å². The van der Waals surface area contributed by atoms with Gasteiger partial charge in [0.05, 0.1) is 0 Å². The highest BCUT2D eigenvalue weighted by molar-refractivity contribution is 4.81. The van der Waals surface area contributed by atoms with Crippen LogP contribution < -0.4 is 5.73 Å². The third kappa shape index (κ3) is 2.71. The van der Waals surface area contributed by atoms with E-state index in [9.17, 15) is 0 Å². The Labute approximate surface area is 87.8 Å². The van der Waals surface area contributed by atoms with Crippen molar-refractivity contribution in [2.75, 3.05) is 19.6 Å². The van der Waals surface area contributed by atoms with Crippen LogP contribution in [0.5, 0.6) is 0 Å². The van der Waals surface area contributed by atoms with E-state index in [4.69, 9.17) is 5.73 Å². The van der Waals surface area contributed by atoms with E-state index in [1.165, 1.54) is 45.2 Å². The summed E-state index contributed by atoms with van der Waals surface area (Å²) < 4.78 is 0. The zero-order valence-corrected chi connectivity index (χ0v) is 9.41. The smallest absolute Gasteiger partial charge is 0.0180 e. The molecule has 0 bridgehead atoms. The first kappa shape index (κ1) is 10.4. The second-order valence-corrected chi connectivity index (χ2v) is 5.45. The van der Waals surface area contributed by atoms with Crippen molar-refractivity contribution in [3.05, 3.63) is 0 Å². The van der Waals surface area contributed by atoms with Crippen LogP contribution >= 0.6 is 0 Å². The summed E-state index contributed by atoms with van der Waals surface area (Å²) in [5.74, 6) is 1.93. The Morgan fingerprint density at radius 1 is 1.29 bits per heavy atom. The molecule has 2 rings (SSSR count). The maximum atomic E-state index is 5.92. The van der Waals surface area contributed by atoms with Crippen LogP contribution in [0.3, 0.4) is 0 Å². The largest absolute Gasteiger partial charge is 0.326 e. The fraction of sp³-hybridized carbons (Fsp3) is 1.00. The van der Waals surface area contributed by atoms with Gasteiger partial charge in [0.2, 0.25) is 0 Å². The summed E-state index contributed by atoms with van der Waals surface area (Å²) in [5, 5.41) is 0. The Bertz CT molecular complexity index is 181. The predicted octanol–water partition coefficient (Wildman–Crippen LogP) is 1.85. The summed E-state index contributed by atoms with van der Waals surface area (Å²) >= 11 is 0. The maximum Gasteiger partial charge on any atom is 0.0180 e. The van der Waals surface area contributed by atoms with Gasteiger partial charge in [0.1, 0.15) is 0 Å². The zero-order valence-electron chi connectivity index (χ0n) is 9.41. The number of rotatable bonds is 2. The molecule has 2 nitrogen and oxygen atoms in total. The van der Waals surface area contributed by atoms with Crippen molar-refractivity contribution in [1.29, 1.82) is 0 Å². The second kappa shape index (κ2) is 4.63. The van der Waals surface area contributed by atoms with Crippen molar-refractivity contribution in [1.82, 2.24) is 4.90 Å². The molecule has 0 aromatic rings. The third-order valence-electron chi connectivity index (χ3n) is 3.87. The van der Waals surface area contributed by atoms with E-state index in [0.29, 0.717) is 6.04 Å². The van der Waals surface area contributed by atoms with Gasteiger partial charge in [0, 0.05) is 19.1 Å². The first-order valence-corrected chi connectivity index (χ1v) is 6.22. The molecule has 1 aliphatic carbocycles. The molecular formula is C12H24N2. The lowest BCUT2D eigenvalue weighted by atomic mass is 9.82. The average molecular weight is 196 g/mol. The molecule has 3 unspecified atom stereocenters. The second-order valence-electron chi connectivity index (χ2n) is 5.45. The number of nitrogens with two attached hydrogens (primary N) is 1. The third-order valence-corrected chi connectivity index (χ3v) is 3.87. The molecule has 0 aromatic heterocycles. The summed E-state index contributed by atoms with van der Waals surface area (Å²) in [7, 11) is 0. The molecule has 2 heteroatoms. The summed E-state index contributed by atoms with van der Waals surface area (Å²) in [6.07, 6.45) is 7.02. The molecule has 0 amide bonds. The number of hydrogen-bond donors (Lipinski definition) is 1. The quantitative estimate of drug-likeness (QED) is 0.730. The number of hydrogen-bond acceptors (Lipinski definition) is 2. The minimum atomic E-state index is 0.455. The van der Waals surface area contributed by atoms with E-state index in [0.717, 1.165) is 18.4 Å². The van der Waals surface area contributed by atoms with Crippen LogP contribution in [0.4, 0.5) is 0 Å². The summed E-state index contributed by atoms with van der Waals surface area (Å²) in [6.45, 7) is 6.11. The number of likely N-dealkylation sites (tertiary alicyclic amines) is 1. The minimum Gasteiger partial charge on any atom is -0.326 e. The van der Waals surface area contributed by atoms with Crippen molar-refractivity contribution in [3.8, 4) is 0 Å². The van der Waals surface area contributed by atoms with E-state index in [1.807, 2.05) is 0 Å². The molecule has 2 aliphatic rings. The van der Waals surface area contributed by atoms with Crippen LogP contribution in [-0.2, 0) is 0 Å². The van der Waals surface area contributed by atoms with E-state index < -0.39 is 0 Å². The molecule has 14 heavy (non-hydrogen) atoms. The molecule has 1 heterocycles. The fourth-order valence-corrected chi connectivity index (χ4v) is 3.12. The summed E-state index contributed by atoms with van der Waals surface area (Å²) in [5.41, 5.74) is 5.92. The van der Waals surface area contributed by atoms with Crippen LogP contribution in [0.2, 0.25) is 0 Å². The van der Waals surface area contributed by atoms with Gasteiger partial charge in [0.15, 0.2) is 0 Å². The van der Waals surface area contributed by atoms with E-state index in [1.54, 1.807) is 0 Å². The maximum absolute atomic E-state index is 5.92. The first-order chi connectivity index (χ1) is 6.74. The highest BCUT2D eigenvalue weighted by Crippen LogP contribution is 2.29. The topological polar surface area (TPSA) is 29.3 Å². The normalized spacial score (nSPS) is 40.3. The zero-order chi connectivity index (χ0) is 9.97. The van der Waals surface area contributed by atoms with Gasteiger partial charge in [-0.1, -0.05) is 19.8 Å². The molecule has 1 aliphatic heterocycles. The van der Waals surface area contributed by atoms with Crippen LogP contribution in [0, 0.1) is 11.8 Å². The lowest BCUT2D eigenvalue weighted by molar-refractivity contribution is 0.202. The molecule has 1 saturated heterocycles. The standard InChI is InChI=1S/C12H24N2/c1-10-3-2-4-11(7-10)8-14-6-5-12(13)9-14/h10-12H,2-9,13H2,1H3. The van der Waals surface area contributed by atoms with E-state index >= 15 is 0 Å². The average Bonchev–Trinajstić information content (AvgIpc) is 2.51. The van der Waals surface area contributed by atoms with Crippen molar-refractivity contribution in [2.24, 2.45) is 17.6 Å². The van der Waals surface area contributed by atoms with E-state index in [-0.39, 0.29) is 0 Å². The predicted molar refractivity (Wildman–Crippen MR) is 60.2 cm³/mol. The number of nitrogens with zero attached hydrogens (tertiary/aromatic N) is 1. The van der Waals surface area contributed by atoms with Gasteiger partial charge in [-0.05, 0) is 37.6 Å². The Morgan fingerprint density at radius 3 is 2.79 bits per heavy atom. The monoisotopic (exact) mass is 196 g/mol. The molecule has 0 spiro atoms. The molecule has 0 radical (unpaired) electrons. The lowest BCUT2D eigenvalue weighted by Gasteiger charge is -2.30. The van der Waals surface area contributed by atoms with Gasteiger partial charge < -0.3 is 10.6 Å². The molecule has 82 valence electrons. The fourth-order valence-electron chi connectivity index (χ4n) is 3.12. The molecule has 0 aromatic carbocycles. The Morgan fingerprint density at radius 2 is 2.14 bits per heavy atom.